The molecule has 2 aromatic rings. The van der Waals surface area contributed by atoms with Crippen LogP contribution < -0.4 is 4.74 Å². The maximum Gasteiger partial charge on any atom is 0.344 e. The molecule has 0 atom stereocenters. The third kappa shape index (κ3) is 2.46. The number of hydrogen-bond acceptors (Lipinski definition) is 5. The Morgan fingerprint density at radius 1 is 1.18 bits per heavy atom. The Labute approximate surface area is 95.0 Å². The largest absolute Gasteiger partial charge is 0.478 e. The van der Waals surface area contributed by atoms with E-state index in [1.807, 2.05) is 0 Å². The van der Waals surface area contributed by atoms with Crippen molar-refractivity contribution in [2.45, 2.75) is 0 Å². The summed E-state index contributed by atoms with van der Waals surface area (Å²) in [6.07, 6.45) is 1.32. The van der Waals surface area contributed by atoms with E-state index < -0.39 is 11.9 Å². The number of benzene rings is 1. The Balaban J connectivity index is 2.12. The van der Waals surface area contributed by atoms with Crippen LogP contribution in [0.4, 0.5) is 0 Å². The van der Waals surface area contributed by atoms with E-state index in [2.05, 4.69) is 15.4 Å². The number of carbonyl (C=O) groups excluding carboxylic acids is 1. The summed E-state index contributed by atoms with van der Waals surface area (Å²) in [7, 11) is 0. The molecule has 0 aliphatic rings. The SMILES string of the molecule is O=C(O)c1ccc(C(=O)Oc2c[nH]nn2)cc1. The second-order valence-corrected chi connectivity index (χ2v) is 3.08. The molecule has 0 unspecified atom stereocenters. The number of nitrogens with one attached hydrogen (secondary N) is 1. The van der Waals surface area contributed by atoms with Crippen LogP contribution in [0.3, 0.4) is 0 Å². The highest BCUT2D eigenvalue weighted by molar-refractivity contribution is 5.93. The van der Waals surface area contributed by atoms with Gasteiger partial charge in [-0.3, -0.25) is 5.10 Å². The van der Waals surface area contributed by atoms with Crippen LogP contribution in [-0.4, -0.2) is 32.5 Å². The molecule has 0 spiro atoms. The van der Waals surface area contributed by atoms with Crippen LogP contribution in [0.5, 0.6) is 5.88 Å². The molecule has 0 saturated heterocycles. The molecule has 1 aromatic heterocycles. The van der Waals surface area contributed by atoms with Gasteiger partial charge in [-0.25, -0.2) is 9.59 Å². The van der Waals surface area contributed by atoms with Crippen molar-refractivity contribution < 1.29 is 19.4 Å². The fourth-order valence-electron chi connectivity index (χ4n) is 1.14. The van der Waals surface area contributed by atoms with Crippen LogP contribution >= 0.6 is 0 Å². The molecule has 0 aliphatic carbocycles. The van der Waals surface area contributed by atoms with E-state index in [4.69, 9.17) is 9.84 Å². The Kier molecular flexibility index (Phi) is 2.82. The van der Waals surface area contributed by atoms with Crippen molar-refractivity contribution in [1.29, 1.82) is 0 Å². The Hall–Kier alpha value is -2.70. The summed E-state index contributed by atoms with van der Waals surface area (Å²) in [5, 5.41) is 17.9. The third-order valence-electron chi connectivity index (χ3n) is 1.96. The first-order valence-corrected chi connectivity index (χ1v) is 4.59. The monoisotopic (exact) mass is 233 g/mol. The molecule has 0 fully saturated rings. The molecule has 1 aromatic carbocycles. The van der Waals surface area contributed by atoms with Gasteiger partial charge in [-0.2, -0.15) is 0 Å². The second-order valence-electron chi connectivity index (χ2n) is 3.08. The van der Waals surface area contributed by atoms with Gasteiger partial charge in [-0.1, -0.05) is 10.3 Å². The lowest BCUT2D eigenvalue weighted by atomic mass is 10.1. The van der Waals surface area contributed by atoms with Crippen molar-refractivity contribution in [3.05, 3.63) is 41.6 Å². The molecule has 2 rings (SSSR count). The van der Waals surface area contributed by atoms with Crippen LogP contribution in [0.15, 0.2) is 30.5 Å². The van der Waals surface area contributed by atoms with Crippen molar-refractivity contribution in [3.63, 3.8) is 0 Å². The van der Waals surface area contributed by atoms with E-state index in [1.54, 1.807) is 0 Å². The van der Waals surface area contributed by atoms with E-state index in [1.165, 1.54) is 30.5 Å². The molecule has 7 nitrogen and oxygen atoms in total. The average Bonchev–Trinajstić information content (AvgIpc) is 2.82. The highest BCUT2D eigenvalue weighted by Gasteiger charge is 2.11. The lowest BCUT2D eigenvalue weighted by Crippen LogP contribution is -2.09. The zero-order chi connectivity index (χ0) is 12.3. The van der Waals surface area contributed by atoms with Gasteiger partial charge in [0, 0.05) is 0 Å². The molecule has 0 amide bonds. The Morgan fingerprint density at radius 2 is 1.82 bits per heavy atom. The lowest BCUT2D eigenvalue weighted by Gasteiger charge is -2.00. The number of esters is 1. The van der Waals surface area contributed by atoms with E-state index >= 15 is 0 Å². The zero-order valence-electron chi connectivity index (χ0n) is 8.45. The minimum absolute atomic E-state index is 0.0531. The number of carboxylic acid groups (broad SMARTS) is 1. The molecule has 2 N–H and O–H groups in total. The van der Waals surface area contributed by atoms with Crippen molar-refractivity contribution in [1.82, 2.24) is 15.4 Å². The Morgan fingerprint density at radius 3 is 2.35 bits per heavy atom. The highest BCUT2D eigenvalue weighted by Crippen LogP contribution is 2.08. The number of ether oxygens (including phenoxy) is 1. The second kappa shape index (κ2) is 4.44. The first kappa shape index (κ1) is 10.8. The summed E-state index contributed by atoms with van der Waals surface area (Å²) in [4.78, 5) is 22.1. The van der Waals surface area contributed by atoms with Crippen molar-refractivity contribution in [2.75, 3.05) is 0 Å². The predicted octanol–water partition coefficient (Wildman–Crippen LogP) is 0.722. The van der Waals surface area contributed by atoms with Gasteiger partial charge in [0.25, 0.3) is 5.88 Å². The zero-order valence-corrected chi connectivity index (χ0v) is 8.45. The van der Waals surface area contributed by atoms with E-state index in [0.29, 0.717) is 0 Å². The fraction of sp³-hybridized carbons (Fsp3) is 0. The third-order valence-corrected chi connectivity index (χ3v) is 1.96. The standard InChI is InChI=1S/C10H7N3O4/c14-9(15)6-1-3-7(4-2-6)10(16)17-8-5-11-13-12-8/h1-5H,(H,14,15)(H,11,12,13). The Bertz CT molecular complexity index is 533. The number of hydrogen-bond donors (Lipinski definition) is 2. The van der Waals surface area contributed by atoms with Crippen molar-refractivity contribution in [2.24, 2.45) is 0 Å². The number of nitrogens with zero attached hydrogens (tertiary/aromatic N) is 2. The average molecular weight is 233 g/mol. The van der Waals surface area contributed by atoms with Crippen LogP contribution in [0.25, 0.3) is 0 Å². The summed E-state index contributed by atoms with van der Waals surface area (Å²) in [5.41, 5.74) is 0.334. The normalized spacial score (nSPS) is 9.88. The van der Waals surface area contributed by atoms with Crippen molar-refractivity contribution in [3.8, 4) is 5.88 Å². The first-order chi connectivity index (χ1) is 8.16. The molecule has 7 heteroatoms. The van der Waals surface area contributed by atoms with Gasteiger partial charge in [0.2, 0.25) is 0 Å². The smallest absolute Gasteiger partial charge is 0.344 e. The van der Waals surface area contributed by atoms with Gasteiger partial charge in [0.05, 0.1) is 17.3 Å². The molecule has 0 aliphatic heterocycles. The maximum absolute atomic E-state index is 11.5. The van der Waals surface area contributed by atoms with Gasteiger partial charge in [-0.05, 0) is 24.3 Å². The minimum atomic E-state index is -1.05. The molecule has 1 heterocycles. The van der Waals surface area contributed by atoms with Gasteiger partial charge >= 0.3 is 11.9 Å². The quantitative estimate of drug-likeness (QED) is 0.757. The molecular weight excluding hydrogens is 226 g/mol. The van der Waals surface area contributed by atoms with Gasteiger partial charge < -0.3 is 9.84 Å². The number of H-pyrrole nitrogens is 1. The van der Waals surface area contributed by atoms with E-state index in [-0.39, 0.29) is 17.0 Å². The molecule has 0 radical (unpaired) electrons. The summed E-state index contributed by atoms with van der Waals surface area (Å²) >= 11 is 0. The number of rotatable bonds is 3. The fourth-order valence-corrected chi connectivity index (χ4v) is 1.14. The summed E-state index contributed by atoms with van der Waals surface area (Å²) in [6.45, 7) is 0. The lowest BCUT2D eigenvalue weighted by molar-refractivity contribution is 0.0690. The summed E-state index contributed by atoms with van der Waals surface area (Å²) < 4.78 is 4.85. The van der Waals surface area contributed by atoms with Crippen LogP contribution in [-0.2, 0) is 0 Å². The number of carboxylic acids is 1. The van der Waals surface area contributed by atoms with Crippen LogP contribution in [0, 0.1) is 0 Å². The molecule has 86 valence electrons. The summed E-state index contributed by atoms with van der Waals surface area (Å²) in [5.74, 6) is -1.63. The molecule has 17 heavy (non-hydrogen) atoms. The molecule has 0 saturated carbocycles. The highest BCUT2D eigenvalue weighted by atomic mass is 16.5. The molecular formula is C10H7N3O4. The minimum Gasteiger partial charge on any atom is -0.478 e. The van der Waals surface area contributed by atoms with Gasteiger partial charge in [-0.15, -0.1) is 0 Å². The molecule has 0 bridgehead atoms. The van der Waals surface area contributed by atoms with Crippen molar-refractivity contribution >= 4 is 11.9 Å². The number of aromatic carboxylic acids is 1. The van der Waals surface area contributed by atoms with Crippen LogP contribution in [0.2, 0.25) is 0 Å². The van der Waals surface area contributed by atoms with E-state index in [9.17, 15) is 9.59 Å². The van der Waals surface area contributed by atoms with E-state index in [0.717, 1.165) is 0 Å². The number of aromatic amines is 1. The number of aromatic nitrogens is 3. The topological polar surface area (TPSA) is 105 Å². The van der Waals surface area contributed by atoms with Crippen LogP contribution in [0.1, 0.15) is 20.7 Å². The maximum atomic E-state index is 11.5. The van der Waals surface area contributed by atoms with Gasteiger partial charge in [0.15, 0.2) is 0 Å². The van der Waals surface area contributed by atoms with Gasteiger partial charge in [0.1, 0.15) is 0 Å². The number of carbonyl (C=O) groups is 2. The first-order valence-electron chi connectivity index (χ1n) is 4.59. The predicted molar refractivity (Wildman–Crippen MR) is 54.7 cm³/mol. The summed E-state index contributed by atoms with van der Waals surface area (Å²) in [6, 6.07) is 5.38.